The summed E-state index contributed by atoms with van der Waals surface area (Å²) in [6, 6.07) is 30.6. The molecule has 1 amide bonds. The summed E-state index contributed by atoms with van der Waals surface area (Å²) in [7, 11) is 1.96. The van der Waals surface area contributed by atoms with E-state index in [4.69, 9.17) is 0 Å². The van der Waals surface area contributed by atoms with E-state index in [0.717, 1.165) is 24.2 Å². The monoisotopic (exact) mass is 428 g/mol. The molecule has 1 heterocycles. The normalized spacial score (nSPS) is 14.5. The van der Waals surface area contributed by atoms with Crippen LogP contribution in [-0.2, 0) is 4.79 Å². The highest BCUT2D eigenvalue weighted by molar-refractivity contribution is 5.87. The quantitative estimate of drug-likeness (QED) is 0.448. The van der Waals surface area contributed by atoms with Gasteiger partial charge in [-0.25, -0.2) is 0 Å². The lowest BCUT2D eigenvalue weighted by molar-refractivity contribution is -0.136. The number of carbonyl (C=O) groups is 1. The van der Waals surface area contributed by atoms with Crippen molar-refractivity contribution in [2.24, 2.45) is 0 Å². The maximum absolute atomic E-state index is 13.9. The first-order chi connectivity index (χ1) is 15.7. The van der Waals surface area contributed by atoms with Crippen LogP contribution in [0.3, 0.4) is 0 Å². The molecule has 3 aromatic carbocycles. The van der Waals surface area contributed by atoms with Gasteiger partial charge in [-0.2, -0.15) is 0 Å². The molecule has 0 N–H and O–H groups in total. The van der Waals surface area contributed by atoms with Crippen LogP contribution < -0.4 is 0 Å². The molecule has 3 nitrogen and oxygen atoms in total. The predicted molar refractivity (Wildman–Crippen MR) is 133 cm³/mol. The van der Waals surface area contributed by atoms with Gasteiger partial charge in [0, 0.05) is 20.1 Å². The second-order valence-corrected chi connectivity index (χ2v) is 8.44. The van der Waals surface area contributed by atoms with Crippen molar-refractivity contribution in [3.8, 4) is 0 Å². The van der Waals surface area contributed by atoms with Crippen molar-refractivity contribution in [1.82, 2.24) is 9.80 Å². The van der Waals surface area contributed by atoms with E-state index >= 15 is 0 Å². The lowest BCUT2D eigenvalue weighted by atomic mass is 9.89. The van der Waals surface area contributed by atoms with Crippen LogP contribution in [-0.4, -0.2) is 35.8 Å². The highest BCUT2D eigenvalue weighted by atomic mass is 16.2. The van der Waals surface area contributed by atoms with Crippen molar-refractivity contribution in [1.29, 1.82) is 0 Å². The highest BCUT2D eigenvalue weighted by Crippen LogP contribution is 2.33. The molecule has 0 radical (unpaired) electrons. The average molecular weight is 429 g/mol. The van der Waals surface area contributed by atoms with E-state index in [-0.39, 0.29) is 18.0 Å². The van der Waals surface area contributed by atoms with Crippen molar-refractivity contribution in [3.05, 3.63) is 108 Å². The summed E-state index contributed by atoms with van der Waals surface area (Å²) in [6.07, 6.45) is 3.58. The number of nitrogens with zero attached hydrogens (tertiary/aromatic N) is 2. The maximum atomic E-state index is 13.9. The minimum absolute atomic E-state index is 0.0406. The molecule has 1 fully saturated rings. The molecular weight excluding hydrogens is 392 g/mol. The van der Waals surface area contributed by atoms with E-state index in [2.05, 4.69) is 67.3 Å². The molecule has 168 valence electrons. The van der Waals surface area contributed by atoms with Gasteiger partial charge in [0.15, 0.2) is 0 Å². The van der Waals surface area contributed by atoms with Gasteiger partial charge >= 0.3 is 0 Å². The molecule has 1 unspecified atom stereocenters. The summed E-state index contributed by atoms with van der Waals surface area (Å²) in [5, 5.41) is 0. The molecule has 0 aromatic heterocycles. The topological polar surface area (TPSA) is 23.6 Å². The first-order valence-corrected chi connectivity index (χ1v) is 11.8. The molecule has 1 atom stereocenters. The molecule has 3 heteroatoms. The van der Waals surface area contributed by atoms with Gasteiger partial charge in [-0.1, -0.05) is 111 Å². The molecule has 0 spiro atoms. The number of hydrogen-bond donors (Lipinski definition) is 0. The Morgan fingerprint density at radius 3 is 1.53 bits per heavy atom. The lowest BCUT2D eigenvalue weighted by Gasteiger charge is -2.37. The fraction of sp³-hybridized carbons (Fsp3) is 0.345. The predicted octanol–water partition coefficient (Wildman–Crippen LogP) is 6.49. The van der Waals surface area contributed by atoms with Crippen LogP contribution in [0.5, 0.6) is 0 Å². The van der Waals surface area contributed by atoms with Gasteiger partial charge in [0.1, 0.15) is 6.17 Å². The number of rotatable bonds is 6. The summed E-state index contributed by atoms with van der Waals surface area (Å²) >= 11 is 0. The lowest BCUT2D eigenvalue weighted by Crippen LogP contribution is -2.43. The molecule has 32 heavy (non-hydrogen) atoms. The minimum Gasteiger partial charge on any atom is -0.325 e. The van der Waals surface area contributed by atoms with E-state index in [0.29, 0.717) is 0 Å². The highest BCUT2D eigenvalue weighted by Gasteiger charge is 2.34. The van der Waals surface area contributed by atoms with Crippen molar-refractivity contribution >= 4 is 5.91 Å². The van der Waals surface area contributed by atoms with Gasteiger partial charge in [0.2, 0.25) is 5.91 Å². The molecule has 4 rings (SSSR count). The van der Waals surface area contributed by atoms with E-state index < -0.39 is 0 Å². The van der Waals surface area contributed by atoms with Crippen LogP contribution in [0.25, 0.3) is 0 Å². The molecule has 3 aromatic rings. The van der Waals surface area contributed by atoms with E-state index in [1.165, 1.54) is 24.8 Å². The Hall–Kier alpha value is -2.91. The molecular formula is C29H36N2O. The molecule has 1 saturated heterocycles. The third-order valence-corrected chi connectivity index (χ3v) is 5.81. The smallest absolute Gasteiger partial charge is 0.235 e. The van der Waals surface area contributed by atoms with Crippen LogP contribution in [0.15, 0.2) is 91.0 Å². The van der Waals surface area contributed by atoms with E-state index in [1.807, 2.05) is 54.4 Å². The zero-order valence-electron chi connectivity index (χ0n) is 19.7. The number of amides is 1. The van der Waals surface area contributed by atoms with Gasteiger partial charge in [-0.15, -0.1) is 0 Å². The van der Waals surface area contributed by atoms with Gasteiger partial charge in [-0.3, -0.25) is 9.69 Å². The van der Waals surface area contributed by atoms with Crippen LogP contribution >= 0.6 is 0 Å². The first-order valence-electron chi connectivity index (χ1n) is 11.8. The number of hydrogen-bond acceptors (Lipinski definition) is 2. The zero-order chi connectivity index (χ0) is 22.8. The maximum Gasteiger partial charge on any atom is 0.235 e. The van der Waals surface area contributed by atoms with Crippen molar-refractivity contribution in [2.75, 3.05) is 20.1 Å². The fourth-order valence-electron chi connectivity index (χ4n) is 4.38. The van der Waals surface area contributed by atoms with Crippen molar-refractivity contribution in [3.63, 3.8) is 0 Å². The molecule has 0 bridgehead atoms. The third-order valence-electron chi connectivity index (χ3n) is 5.81. The van der Waals surface area contributed by atoms with E-state index in [9.17, 15) is 4.79 Å². The van der Waals surface area contributed by atoms with Crippen molar-refractivity contribution < 1.29 is 4.79 Å². The molecule has 0 saturated carbocycles. The van der Waals surface area contributed by atoms with Gasteiger partial charge in [0.05, 0.1) is 5.92 Å². The molecule has 1 aliphatic heterocycles. The number of likely N-dealkylation sites (tertiary alicyclic amines) is 1. The largest absolute Gasteiger partial charge is 0.325 e. The molecule has 1 aliphatic rings. The summed E-state index contributed by atoms with van der Waals surface area (Å²) < 4.78 is 0. The first kappa shape index (κ1) is 23.7. The Bertz CT molecular complexity index is 882. The minimum atomic E-state index is -0.309. The third kappa shape index (κ3) is 5.86. The SMILES string of the molecule is CCC.CN(C(=O)C(c1ccccc1)c1ccccc1)C(c1ccccc1)N1CCCC1. The van der Waals surface area contributed by atoms with E-state index in [1.54, 1.807) is 0 Å². The Morgan fingerprint density at radius 1 is 0.750 bits per heavy atom. The number of benzene rings is 3. The summed E-state index contributed by atoms with van der Waals surface area (Å²) in [4.78, 5) is 18.3. The molecule has 0 aliphatic carbocycles. The second-order valence-electron chi connectivity index (χ2n) is 8.44. The summed E-state index contributed by atoms with van der Waals surface area (Å²) in [5.41, 5.74) is 3.23. The zero-order valence-corrected chi connectivity index (χ0v) is 19.7. The van der Waals surface area contributed by atoms with Crippen LogP contribution in [0.4, 0.5) is 0 Å². The Kier molecular flexibility index (Phi) is 9.06. The number of likely N-dealkylation sites (N-methyl/N-ethyl adjacent to an activating group) is 1. The second kappa shape index (κ2) is 12.2. The van der Waals surface area contributed by atoms with Gasteiger partial charge < -0.3 is 4.90 Å². The van der Waals surface area contributed by atoms with Crippen LogP contribution in [0.2, 0.25) is 0 Å². The Labute approximate surface area is 193 Å². The Balaban J connectivity index is 0.000000913. The standard InChI is InChI=1S/C26H28N2O.C3H8/c1-27(25(28-19-11-12-20-28)23-17-9-4-10-18-23)26(29)24(21-13-5-2-6-14-21)22-15-7-3-8-16-22;1-3-2/h2-10,13-18,24-25H,11-12,19-20H2,1H3;3H2,1-2H3. The Morgan fingerprint density at radius 2 is 1.12 bits per heavy atom. The number of carbonyl (C=O) groups excluding carboxylic acids is 1. The van der Waals surface area contributed by atoms with Crippen molar-refractivity contribution in [2.45, 2.75) is 45.2 Å². The summed E-state index contributed by atoms with van der Waals surface area (Å²) in [6.45, 7) is 6.30. The van der Waals surface area contributed by atoms with Crippen LogP contribution in [0.1, 0.15) is 61.9 Å². The summed E-state index contributed by atoms with van der Waals surface area (Å²) in [5.74, 6) is -0.181. The fourth-order valence-corrected chi connectivity index (χ4v) is 4.38. The average Bonchev–Trinajstić information content (AvgIpc) is 3.36. The van der Waals surface area contributed by atoms with Gasteiger partial charge in [0.25, 0.3) is 0 Å². The van der Waals surface area contributed by atoms with Crippen LogP contribution in [0, 0.1) is 0 Å². The van der Waals surface area contributed by atoms with Gasteiger partial charge in [-0.05, 0) is 29.5 Å².